The number of nitrogens with one attached hydrogen (secondary N) is 1. The zero-order chi connectivity index (χ0) is 12.5. The zero-order valence-corrected chi connectivity index (χ0v) is 10.4. The number of pyridine rings is 1. The van der Waals surface area contributed by atoms with Crippen molar-refractivity contribution in [2.45, 2.75) is 38.2 Å². The Bertz CT molecular complexity index is 442. The average Bonchev–Trinajstić information content (AvgIpc) is 2.72. The molecule has 1 fully saturated rings. The Morgan fingerprint density at radius 1 is 1.53 bits per heavy atom. The predicted octanol–water partition coefficient (Wildman–Crippen LogP) is 2.29. The third-order valence-electron chi connectivity index (χ3n) is 3.13. The van der Waals surface area contributed by atoms with E-state index in [1.54, 1.807) is 6.07 Å². The minimum Gasteiger partial charge on any atom is -0.380 e. The number of amides is 1. The highest BCUT2D eigenvalue weighted by molar-refractivity contribution is 6.30. The number of halogens is 1. The molecule has 0 saturated heterocycles. The van der Waals surface area contributed by atoms with Crippen LogP contribution < -0.4 is 5.32 Å². The molecule has 1 aliphatic rings. The predicted molar refractivity (Wildman–Crippen MR) is 66.0 cm³/mol. The molecule has 92 valence electrons. The number of hydrogen-bond acceptors (Lipinski definition) is 3. The first-order valence-electron chi connectivity index (χ1n) is 5.67. The van der Waals surface area contributed by atoms with Gasteiger partial charge in [-0.2, -0.15) is 0 Å². The van der Waals surface area contributed by atoms with Crippen molar-refractivity contribution in [1.29, 1.82) is 0 Å². The van der Waals surface area contributed by atoms with Crippen molar-refractivity contribution < 1.29 is 9.90 Å². The second kappa shape index (κ2) is 4.63. The van der Waals surface area contributed by atoms with Crippen LogP contribution in [0, 0.1) is 6.92 Å². The van der Waals surface area contributed by atoms with Gasteiger partial charge < -0.3 is 10.4 Å². The molecule has 1 aromatic rings. The van der Waals surface area contributed by atoms with Gasteiger partial charge in [0, 0.05) is 0 Å². The molecule has 0 aliphatic heterocycles. The van der Waals surface area contributed by atoms with Gasteiger partial charge in [-0.05, 0) is 44.2 Å². The maximum Gasteiger partial charge on any atom is 0.256 e. The summed E-state index contributed by atoms with van der Waals surface area (Å²) >= 11 is 5.80. The van der Waals surface area contributed by atoms with E-state index in [0.717, 1.165) is 18.4 Å². The summed E-state index contributed by atoms with van der Waals surface area (Å²) in [6, 6.07) is 1.74. The number of aryl methyl sites for hydroxylation is 1. The number of nitrogens with zero attached hydrogens (tertiary/aromatic N) is 1. The van der Waals surface area contributed by atoms with Gasteiger partial charge in [-0.25, -0.2) is 4.98 Å². The molecule has 0 spiro atoms. The normalized spacial score (nSPS) is 18.1. The molecule has 4 nitrogen and oxygen atoms in total. The summed E-state index contributed by atoms with van der Waals surface area (Å²) in [5, 5.41) is 13.2. The van der Waals surface area contributed by atoms with Crippen LogP contribution in [-0.2, 0) is 4.79 Å². The number of hydrogen-bond donors (Lipinski definition) is 2. The fourth-order valence-electron chi connectivity index (χ4n) is 2.06. The third kappa shape index (κ3) is 2.58. The van der Waals surface area contributed by atoms with Crippen LogP contribution in [0.3, 0.4) is 0 Å². The first kappa shape index (κ1) is 12.3. The van der Waals surface area contributed by atoms with Crippen molar-refractivity contribution in [3.05, 3.63) is 23.0 Å². The zero-order valence-electron chi connectivity index (χ0n) is 9.66. The molecule has 0 unspecified atom stereocenters. The molecule has 0 radical (unpaired) electrons. The second-order valence-corrected chi connectivity index (χ2v) is 4.88. The molecule has 1 heterocycles. The molecule has 1 aromatic heterocycles. The van der Waals surface area contributed by atoms with Crippen LogP contribution in [0.25, 0.3) is 0 Å². The smallest absolute Gasteiger partial charge is 0.256 e. The number of aliphatic hydroxyl groups is 1. The Morgan fingerprint density at radius 3 is 2.76 bits per heavy atom. The largest absolute Gasteiger partial charge is 0.380 e. The summed E-state index contributed by atoms with van der Waals surface area (Å²) < 4.78 is 0. The molecule has 2 rings (SSSR count). The van der Waals surface area contributed by atoms with Gasteiger partial charge in [-0.3, -0.25) is 4.79 Å². The van der Waals surface area contributed by atoms with Gasteiger partial charge in [0.1, 0.15) is 10.8 Å². The van der Waals surface area contributed by atoms with Gasteiger partial charge in [0.25, 0.3) is 5.91 Å². The Kier molecular flexibility index (Phi) is 3.35. The highest BCUT2D eigenvalue weighted by atomic mass is 35.5. The summed E-state index contributed by atoms with van der Waals surface area (Å²) in [6.07, 6.45) is 4.33. The molecule has 1 amide bonds. The van der Waals surface area contributed by atoms with Crippen LogP contribution in [-0.4, -0.2) is 21.6 Å². The lowest BCUT2D eigenvalue weighted by molar-refractivity contribution is -0.133. The van der Waals surface area contributed by atoms with Crippen LogP contribution in [0.15, 0.2) is 12.3 Å². The van der Waals surface area contributed by atoms with Gasteiger partial charge in [0.15, 0.2) is 0 Å². The van der Waals surface area contributed by atoms with Crippen LogP contribution >= 0.6 is 11.6 Å². The van der Waals surface area contributed by atoms with E-state index in [1.807, 2.05) is 6.92 Å². The quantitative estimate of drug-likeness (QED) is 0.796. The molecule has 2 N–H and O–H groups in total. The number of carbonyl (C=O) groups is 1. The SMILES string of the molecule is Cc1cc(NC(=O)C2(O)CCCC2)cnc1Cl. The highest BCUT2D eigenvalue weighted by Gasteiger charge is 2.38. The Labute approximate surface area is 105 Å². The molecule has 1 saturated carbocycles. The van der Waals surface area contributed by atoms with Gasteiger partial charge in [0.2, 0.25) is 0 Å². The van der Waals surface area contributed by atoms with Gasteiger partial charge in [0.05, 0.1) is 11.9 Å². The Morgan fingerprint density at radius 2 is 2.18 bits per heavy atom. The highest BCUT2D eigenvalue weighted by Crippen LogP contribution is 2.30. The minimum atomic E-state index is -1.21. The summed E-state index contributed by atoms with van der Waals surface area (Å²) in [7, 11) is 0. The standard InChI is InChI=1S/C12H15ClN2O2/c1-8-6-9(7-14-10(8)13)15-11(16)12(17)4-2-3-5-12/h6-7,17H,2-5H2,1H3,(H,15,16). The first-order valence-corrected chi connectivity index (χ1v) is 6.05. The Balaban J connectivity index is 2.10. The van der Waals surface area contributed by atoms with Gasteiger partial charge >= 0.3 is 0 Å². The van der Waals surface area contributed by atoms with Crippen LogP contribution in [0.5, 0.6) is 0 Å². The first-order chi connectivity index (χ1) is 8.01. The summed E-state index contributed by atoms with van der Waals surface area (Å²) in [6.45, 7) is 1.81. The van der Waals surface area contributed by atoms with E-state index < -0.39 is 5.60 Å². The van der Waals surface area contributed by atoms with E-state index >= 15 is 0 Å². The topological polar surface area (TPSA) is 62.2 Å². The minimum absolute atomic E-state index is 0.349. The van der Waals surface area contributed by atoms with E-state index in [0.29, 0.717) is 23.7 Å². The van der Waals surface area contributed by atoms with E-state index in [2.05, 4.69) is 10.3 Å². The van der Waals surface area contributed by atoms with Crippen molar-refractivity contribution in [2.75, 3.05) is 5.32 Å². The number of rotatable bonds is 2. The molecule has 1 aliphatic carbocycles. The van der Waals surface area contributed by atoms with Crippen molar-refractivity contribution in [1.82, 2.24) is 4.98 Å². The fourth-order valence-corrected chi connectivity index (χ4v) is 2.16. The third-order valence-corrected chi connectivity index (χ3v) is 3.52. The van der Waals surface area contributed by atoms with Gasteiger partial charge in [-0.1, -0.05) is 11.6 Å². The van der Waals surface area contributed by atoms with Gasteiger partial charge in [-0.15, -0.1) is 0 Å². The van der Waals surface area contributed by atoms with Crippen molar-refractivity contribution in [3.63, 3.8) is 0 Å². The van der Waals surface area contributed by atoms with E-state index in [9.17, 15) is 9.90 Å². The van der Waals surface area contributed by atoms with Crippen LogP contribution in [0.4, 0.5) is 5.69 Å². The maximum atomic E-state index is 11.9. The van der Waals surface area contributed by atoms with Crippen molar-refractivity contribution in [2.24, 2.45) is 0 Å². The summed E-state index contributed by atoms with van der Waals surface area (Å²) in [5.41, 5.74) is 0.146. The number of aromatic nitrogens is 1. The molecular formula is C12H15ClN2O2. The molecule has 0 atom stereocenters. The lowest BCUT2D eigenvalue weighted by Gasteiger charge is -2.20. The number of carbonyl (C=O) groups excluding carboxylic acids is 1. The van der Waals surface area contributed by atoms with Crippen molar-refractivity contribution in [3.8, 4) is 0 Å². The summed E-state index contributed by atoms with van der Waals surface area (Å²) in [4.78, 5) is 15.9. The van der Waals surface area contributed by atoms with E-state index in [1.165, 1.54) is 6.20 Å². The lowest BCUT2D eigenvalue weighted by atomic mass is 10.0. The van der Waals surface area contributed by atoms with E-state index in [4.69, 9.17) is 11.6 Å². The maximum absolute atomic E-state index is 11.9. The Hall–Kier alpha value is -1.13. The van der Waals surface area contributed by atoms with Crippen LogP contribution in [0.2, 0.25) is 5.15 Å². The molecule has 17 heavy (non-hydrogen) atoms. The molecule has 0 bridgehead atoms. The summed E-state index contributed by atoms with van der Waals surface area (Å²) in [5.74, 6) is -0.349. The lowest BCUT2D eigenvalue weighted by Crippen LogP contribution is -2.40. The second-order valence-electron chi connectivity index (χ2n) is 4.52. The average molecular weight is 255 g/mol. The van der Waals surface area contributed by atoms with E-state index in [-0.39, 0.29) is 5.91 Å². The van der Waals surface area contributed by atoms with Crippen LogP contribution in [0.1, 0.15) is 31.2 Å². The fraction of sp³-hybridized carbons (Fsp3) is 0.500. The molecular weight excluding hydrogens is 240 g/mol. The molecule has 0 aromatic carbocycles. The molecule has 5 heteroatoms. The number of anilines is 1. The van der Waals surface area contributed by atoms with Crippen molar-refractivity contribution >= 4 is 23.2 Å². The monoisotopic (exact) mass is 254 g/mol.